The van der Waals surface area contributed by atoms with Crippen molar-refractivity contribution in [3.8, 4) is 11.3 Å². The molecule has 0 aliphatic heterocycles. The summed E-state index contributed by atoms with van der Waals surface area (Å²) >= 11 is 2.45. The fourth-order valence-electron chi connectivity index (χ4n) is 2.82. The van der Waals surface area contributed by atoms with E-state index in [4.69, 9.17) is 4.42 Å². The van der Waals surface area contributed by atoms with Gasteiger partial charge in [0.1, 0.15) is 15.7 Å². The predicted octanol–water partition coefficient (Wildman–Crippen LogP) is 5.13. The van der Waals surface area contributed by atoms with Gasteiger partial charge in [0.15, 0.2) is 5.13 Å². The summed E-state index contributed by atoms with van der Waals surface area (Å²) in [6, 6.07) is 11.3. The highest BCUT2D eigenvalue weighted by Gasteiger charge is 2.16. The van der Waals surface area contributed by atoms with E-state index in [2.05, 4.69) is 15.0 Å². The quantitative estimate of drug-likeness (QED) is 0.416. The van der Waals surface area contributed by atoms with Crippen LogP contribution in [0.4, 0.5) is 10.8 Å². The summed E-state index contributed by atoms with van der Waals surface area (Å²) in [5, 5.41) is 6.79. The number of nitrogens with one attached hydrogen (secondary N) is 2. The monoisotopic (exact) mass is 459 g/mol. The van der Waals surface area contributed by atoms with E-state index in [1.807, 2.05) is 25.3 Å². The fraction of sp³-hybridized carbons (Fsp3) is 0.100. The third-order valence-corrected chi connectivity index (χ3v) is 7.74. The maximum atomic E-state index is 12.5. The zero-order valence-corrected chi connectivity index (χ0v) is 18.5. The molecule has 4 aromatic rings. The van der Waals surface area contributed by atoms with Crippen LogP contribution in [0.5, 0.6) is 0 Å². The lowest BCUT2D eigenvalue weighted by molar-refractivity contribution is 0.102. The van der Waals surface area contributed by atoms with Crippen LogP contribution in [-0.4, -0.2) is 19.3 Å². The molecular weight excluding hydrogens is 442 g/mol. The topological polar surface area (TPSA) is 101 Å². The predicted molar refractivity (Wildman–Crippen MR) is 119 cm³/mol. The van der Waals surface area contributed by atoms with Gasteiger partial charge in [0.25, 0.3) is 15.9 Å². The molecular formula is C20H17N3O4S3. The van der Waals surface area contributed by atoms with Gasteiger partial charge in [-0.25, -0.2) is 13.4 Å². The molecule has 0 saturated heterocycles. The Labute approximate surface area is 181 Å². The molecule has 0 aliphatic carbocycles. The molecule has 1 aromatic carbocycles. The van der Waals surface area contributed by atoms with Crippen molar-refractivity contribution in [3.63, 3.8) is 0 Å². The van der Waals surface area contributed by atoms with Gasteiger partial charge in [-0.3, -0.25) is 14.8 Å². The van der Waals surface area contributed by atoms with Gasteiger partial charge in [0.05, 0.1) is 5.69 Å². The number of aromatic nitrogens is 1. The van der Waals surface area contributed by atoms with Crippen molar-refractivity contribution in [2.75, 3.05) is 10.0 Å². The summed E-state index contributed by atoms with van der Waals surface area (Å²) in [6.45, 7) is 3.74. The molecule has 10 heteroatoms. The molecule has 0 radical (unpaired) electrons. The molecule has 154 valence electrons. The molecule has 3 aromatic heterocycles. The van der Waals surface area contributed by atoms with E-state index in [1.54, 1.807) is 35.7 Å². The zero-order valence-electron chi connectivity index (χ0n) is 16.0. The number of amides is 1. The molecule has 0 saturated carbocycles. The first-order chi connectivity index (χ1) is 14.3. The lowest BCUT2D eigenvalue weighted by atomic mass is 10.2. The summed E-state index contributed by atoms with van der Waals surface area (Å²) in [5.74, 6) is 1.25. The Morgan fingerprint density at radius 1 is 1.10 bits per heavy atom. The Bertz CT molecular complexity index is 1290. The molecule has 0 bridgehead atoms. The van der Waals surface area contributed by atoms with Crippen molar-refractivity contribution in [1.29, 1.82) is 0 Å². The van der Waals surface area contributed by atoms with Gasteiger partial charge in [0, 0.05) is 22.2 Å². The molecule has 7 nitrogen and oxygen atoms in total. The minimum absolute atomic E-state index is 0.229. The van der Waals surface area contributed by atoms with Crippen molar-refractivity contribution in [3.05, 3.63) is 70.3 Å². The molecule has 0 aliphatic rings. The van der Waals surface area contributed by atoms with Gasteiger partial charge < -0.3 is 4.42 Å². The number of anilines is 2. The van der Waals surface area contributed by atoms with Crippen molar-refractivity contribution in [2.24, 2.45) is 0 Å². The van der Waals surface area contributed by atoms with Crippen LogP contribution in [0, 0.1) is 13.8 Å². The normalized spacial score (nSPS) is 11.4. The molecule has 3 heterocycles. The number of sulfonamides is 1. The molecule has 0 spiro atoms. The summed E-state index contributed by atoms with van der Waals surface area (Å²) in [7, 11) is -3.63. The van der Waals surface area contributed by atoms with Crippen LogP contribution in [0.2, 0.25) is 0 Å². The second kappa shape index (κ2) is 8.05. The number of benzene rings is 1. The van der Waals surface area contributed by atoms with Gasteiger partial charge >= 0.3 is 0 Å². The first-order valence-corrected chi connectivity index (χ1v) is 12.1. The highest BCUT2D eigenvalue weighted by molar-refractivity contribution is 7.94. The maximum Gasteiger partial charge on any atom is 0.271 e. The first-order valence-electron chi connectivity index (χ1n) is 8.82. The van der Waals surface area contributed by atoms with E-state index >= 15 is 0 Å². The molecule has 1 amide bonds. The lowest BCUT2D eigenvalue weighted by Crippen LogP contribution is -2.13. The molecule has 2 N–H and O–H groups in total. The van der Waals surface area contributed by atoms with Gasteiger partial charge in [-0.2, -0.15) is 0 Å². The molecule has 4 rings (SSSR count). The Kier molecular flexibility index (Phi) is 5.46. The summed E-state index contributed by atoms with van der Waals surface area (Å²) < 4.78 is 32.8. The minimum atomic E-state index is -3.63. The smallest absolute Gasteiger partial charge is 0.271 e. The van der Waals surface area contributed by atoms with Gasteiger partial charge in [0.2, 0.25) is 0 Å². The third-order valence-electron chi connectivity index (χ3n) is 4.20. The van der Waals surface area contributed by atoms with Gasteiger partial charge in [-0.1, -0.05) is 6.07 Å². The number of thiazole rings is 1. The molecule has 30 heavy (non-hydrogen) atoms. The zero-order chi connectivity index (χ0) is 21.3. The minimum Gasteiger partial charge on any atom is -0.466 e. The number of nitrogens with zero attached hydrogens (tertiary/aromatic N) is 1. The van der Waals surface area contributed by atoms with Crippen LogP contribution in [0.15, 0.2) is 61.9 Å². The fourth-order valence-corrected chi connectivity index (χ4v) is 5.58. The summed E-state index contributed by atoms with van der Waals surface area (Å²) in [6.07, 6.45) is 0. The van der Waals surface area contributed by atoms with Crippen molar-refractivity contribution in [1.82, 2.24) is 4.98 Å². The van der Waals surface area contributed by atoms with E-state index in [0.29, 0.717) is 16.4 Å². The maximum absolute atomic E-state index is 12.5. The Hall–Kier alpha value is -2.95. The Balaban J connectivity index is 1.44. The second-order valence-corrected chi connectivity index (χ2v) is 10.1. The van der Waals surface area contributed by atoms with E-state index in [9.17, 15) is 13.2 Å². The van der Waals surface area contributed by atoms with Crippen LogP contribution in [0.1, 0.15) is 21.9 Å². The highest BCUT2D eigenvalue weighted by atomic mass is 32.2. The molecule has 0 fully saturated rings. The number of hydrogen-bond acceptors (Lipinski definition) is 7. The second-order valence-electron chi connectivity index (χ2n) is 6.43. The van der Waals surface area contributed by atoms with Crippen LogP contribution in [0.25, 0.3) is 11.3 Å². The Morgan fingerprint density at radius 3 is 2.50 bits per heavy atom. The van der Waals surface area contributed by atoms with E-state index in [-0.39, 0.29) is 10.1 Å². The van der Waals surface area contributed by atoms with E-state index < -0.39 is 10.0 Å². The number of hydrogen-bond donors (Lipinski definition) is 2. The third kappa shape index (κ3) is 4.30. The van der Waals surface area contributed by atoms with Gasteiger partial charge in [-0.05, 0) is 55.6 Å². The largest absolute Gasteiger partial charge is 0.466 e. The molecule has 0 unspecified atom stereocenters. The van der Waals surface area contributed by atoms with Crippen LogP contribution in [-0.2, 0) is 10.0 Å². The van der Waals surface area contributed by atoms with Gasteiger partial charge in [-0.15, -0.1) is 22.7 Å². The van der Waals surface area contributed by atoms with Crippen molar-refractivity contribution >= 4 is 49.4 Å². The summed E-state index contributed by atoms with van der Waals surface area (Å²) in [5.41, 5.74) is 2.40. The van der Waals surface area contributed by atoms with Crippen molar-refractivity contribution < 1.29 is 17.6 Å². The van der Waals surface area contributed by atoms with E-state index in [0.717, 1.165) is 34.1 Å². The van der Waals surface area contributed by atoms with Crippen molar-refractivity contribution in [2.45, 2.75) is 18.1 Å². The van der Waals surface area contributed by atoms with E-state index in [1.165, 1.54) is 17.4 Å². The number of aryl methyl sites for hydroxylation is 2. The van der Waals surface area contributed by atoms with Crippen LogP contribution in [0.3, 0.4) is 0 Å². The Morgan fingerprint density at radius 2 is 1.87 bits per heavy atom. The highest BCUT2D eigenvalue weighted by Crippen LogP contribution is 2.30. The summed E-state index contributed by atoms with van der Waals surface area (Å²) in [4.78, 5) is 17.0. The molecule has 0 atom stereocenters. The number of thiophene rings is 1. The average Bonchev–Trinajstić information content (AvgIpc) is 3.43. The lowest BCUT2D eigenvalue weighted by Gasteiger charge is -2.07. The number of furan rings is 1. The number of carbonyl (C=O) groups is 1. The first kappa shape index (κ1) is 20.3. The number of carbonyl (C=O) groups excluding carboxylic acids is 1. The number of rotatable bonds is 6. The standard InChI is InChI=1S/C20H17N3O4S3/c1-12-10-16(13(2)27-12)17-11-29-20(21-17)22-19(24)14-5-7-15(8-6-14)23-30(25,26)18-4-3-9-28-18/h3-11,23H,1-2H3,(H,21,22,24). The van der Waals surface area contributed by atoms with Crippen LogP contribution >= 0.6 is 22.7 Å². The van der Waals surface area contributed by atoms with Crippen LogP contribution < -0.4 is 10.0 Å². The SMILES string of the molecule is Cc1cc(-c2csc(NC(=O)c3ccc(NS(=O)(=O)c4cccs4)cc3)n2)c(C)o1. The average molecular weight is 460 g/mol.